The van der Waals surface area contributed by atoms with Gasteiger partial charge in [-0.25, -0.2) is 0 Å². The van der Waals surface area contributed by atoms with Gasteiger partial charge in [-0.3, -0.25) is 4.79 Å². The van der Waals surface area contributed by atoms with Crippen LogP contribution in [0, 0.1) is 0 Å². The van der Waals surface area contributed by atoms with Gasteiger partial charge < -0.3 is 4.90 Å². The van der Waals surface area contributed by atoms with E-state index in [1.807, 2.05) is 11.0 Å². The first kappa shape index (κ1) is 11.7. The highest BCUT2D eigenvalue weighted by atomic mass is 79.9. The van der Waals surface area contributed by atoms with Gasteiger partial charge in [-0.05, 0) is 40.5 Å². The summed E-state index contributed by atoms with van der Waals surface area (Å²) in [6, 6.07) is 5.26. The minimum atomic E-state index is 0.0266. The van der Waals surface area contributed by atoms with Gasteiger partial charge >= 0.3 is 0 Å². The maximum Gasteiger partial charge on any atom is 0.255 e. The third kappa shape index (κ3) is 2.47. The molecule has 1 heterocycles. The predicted octanol–water partition coefficient (Wildman–Crippen LogP) is 3.50. The molecule has 0 aliphatic carbocycles. The molecule has 0 spiro atoms. The zero-order valence-corrected chi connectivity index (χ0v) is 11.0. The summed E-state index contributed by atoms with van der Waals surface area (Å²) in [5, 5.41) is 0.583. The third-order valence-corrected chi connectivity index (χ3v) is 3.43. The normalized spacial score (nSPS) is 15.2. The van der Waals surface area contributed by atoms with Crippen LogP contribution in [-0.2, 0) is 0 Å². The highest BCUT2D eigenvalue weighted by Crippen LogP contribution is 2.23. The van der Waals surface area contributed by atoms with Crippen molar-refractivity contribution in [1.29, 1.82) is 0 Å². The molecule has 1 aliphatic heterocycles. The molecule has 4 heteroatoms. The van der Waals surface area contributed by atoms with Crippen molar-refractivity contribution in [2.24, 2.45) is 0 Å². The van der Waals surface area contributed by atoms with E-state index < -0.39 is 0 Å². The molecular formula is C12H11BrClNO. The molecule has 0 bridgehead atoms. The zero-order chi connectivity index (χ0) is 11.5. The Morgan fingerprint density at radius 1 is 1.38 bits per heavy atom. The molecule has 0 aromatic heterocycles. The lowest BCUT2D eigenvalue weighted by Crippen LogP contribution is -2.33. The second-order valence-corrected chi connectivity index (χ2v) is 4.93. The van der Waals surface area contributed by atoms with E-state index in [1.165, 1.54) is 0 Å². The SMILES string of the molecule is O=C(c1cc(Cl)ccc1Br)N1CC=CCC1. The predicted molar refractivity (Wildman–Crippen MR) is 68.8 cm³/mol. The highest BCUT2D eigenvalue weighted by molar-refractivity contribution is 9.10. The van der Waals surface area contributed by atoms with Gasteiger partial charge in [0.1, 0.15) is 0 Å². The van der Waals surface area contributed by atoms with Gasteiger partial charge in [0.25, 0.3) is 5.91 Å². The summed E-state index contributed by atoms with van der Waals surface area (Å²) in [7, 11) is 0. The maximum absolute atomic E-state index is 12.2. The summed E-state index contributed by atoms with van der Waals surface area (Å²) in [4.78, 5) is 14.0. The molecule has 0 atom stereocenters. The molecule has 16 heavy (non-hydrogen) atoms. The molecule has 0 unspecified atom stereocenters. The monoisotopic (exact) mass is 299 g/mol. The molecule has 1 amide bonds. The average molecular weight is 301 g/mol. The van der Waals surface area contributed by atoms with E-state index in [4.69, 9.17) is 11.6 Å². The Balaban J connectivity index is 2.26. The topological polar surface area (TPSA) is 20.3 Å². The van der Waals surface area contributed by atoms with Gasteiger partial charge in [-0.1, -0.05) is 23.8 Å². The number of rotatable bonds is 1. The number of carbonyl (C=O) groups is 1. The van der Waals surface area contributed by atoms with Crippen molar-refractivity contribution in [3.8, 4) is 0 Å². The summed E-state index contributed by atoms with van der Waals surface area (Å²) in [6.07, 6.45) is 5.03. The van der Waals surface area contributed by atoms with Crippen molar-refractivity contribution in [2.75, 3.05) is 13.1 Å². The second kappa shape index (κ2) is 5.02. The lowest BCUT2D eigenvalue weighted by atomic mass is 10.1. The molecule has 1 aromatic rings. The van der Waals surface area contributed by atoms with Crippen LogP contribution < -0.4 is 0 Å². The minimum Gasteiger partial charge on any atom is -0.335 e. The molecular weight excluding hydrogens is 289 g/mol. The lowest BCUT2D eigenvalue weighted by molar-refractivity contribution is 0.0770. The van der Waals surface area contributed by atoms with Crippen LogP contribution in [0.5, 0.6) is 0 Å². The van der Waals surface area contributed by atoms with E-state index in [2.05, 4.69) is 22.0 Å². The molecule has 1 aromatic carbocycles. The van der Waals surface area contributed by atoms with Crippen molar-refractivity contribution >= 4 is 33.4 Å². The van der Waals surface area contributed by atoms with Gasteiger partial charge in [-0.2, -0.15) is 0 Å². The molecule has 0 saturated carbocycles. The van der Waals surface area contributed by atoms with Crippen molar-refractivity contribution in [3.05, 3.63) is 45.4 Å². The van der Waals surface area contributed by atoms with Crippen LogP contribution in [0.25, 0.3) is 0 Å². The van der Waals surface area contributed by atoms with Crippen LogP contribution in [0.15, 0.2) is 34.8 Å². The number of carbonyl (C=O) groups excluding carboxylic acids is 1. The summed E-state index contributed by atoms with van der Waals surface area (Å²) < 4.78 is 0.788. The Kier molecular flexibility index (Phi) is 3.66. The van der Waals surface area contributed by atoms with Gasteiger partial charge in [0, 0.05) is 22.6 Å². The summed E-state index contributed by atoms with van der Waals surface area (Å²) in [6.45, 7) is 1.45. The summed E-state index contributed by atoms with van der Waals surface area (Å²) >= 11 is 9.27. The number of hydrogen-bond donors (Lipinski definition) is 0. The lowest BCUT2D eigenvalue weighted by Gasteiger charge is -2.23. The van der Waals surface area contributed by atoms with Crippen molar-refractivity contribution in [3.63, 3.8) is 0 Å². The second-order valence-electron chi connectivity index (χ2n) is 3.64. The average Bonchev–Trinajstić information content (AvgIpc) is 2.32. The fourth-order valence-corrected chi connectivity index (χ4v) is 2.25. The number of halogens is 2. The largest absolute Gasteiger partial charge is 0.335 e. The first-order chi connectivity index (χ1) is 7.68. The van der Waals surface area contributed by atoms with Gasteiger partial charge in [0.2, 0.25) is 0 Å². The van der Waals surface area contributed by atoms with Crippen LogP contribution in [0.3, 0.4) is 0 Å². The summed E-state index contributed by atoms with van der Waals surface area (Å²) in [5.74, 6) is 0.0266. The van der Waals surface area contributed by atoms with E-state index in [0.29, 0.717) is 17.1 Å². The van der Waals surface area contributed by atoms with Crippen LogP contribution in [0.2, 0.25) is 5.02 Å². The molecule has 2 rings (SSSR count). The van der Waals surface area contributed by atoms with E-state index in [1.54, 1.807) is 18.2 Å². The first-order valence-electron chi connectivity index (χ1n) is 5.08. The third-order valence-electron chi connectivity index (χ3n) is 2.50. The maximum atomic E-state index is 12.2. The van der Waals surface area contributed by atoms with Crippen LogP contribution in [0.1, 0.15) is 16.8 Å². The molecule has 0 saturated heterocycles. The Bertz CT molecular complexity index is 445. The van der Waals surface area contributed by atoms with Crippen LogP contribution in [0.4, 0.5) is 0 Å². The van der Waals surface area contributed by atoms with Crippen molar-refractivity contribution in [1.82, 2.24) is 4.90 Å². The molecule has 84 valence electrons. The Hall–Kier alpha value is -0.800. The number of amides is 1. The fraction of sp³-hybridized carbons (Fsp3) is 0.250. The molecule has 2 nitrogen and oxygen atoms in total. The van der Waals surface area contributed by atoms with Gasteiger partial charge in [-0.15, -0.1) is 0 Å². The molecule has 0 N–H and O–H groups in total. The van der Waals surface area contributed by atoms with E-state index in [9.17, 15) is 4.79 Å². The standard InChI is InChI=1S/C12H11BrClNO/c13-11-5-4-9(14)8-10(11)12(16)15-6-2-1-3-7-15/h1-2,4-5,8H,3,6-7H2. The van der Waals surface area contributed by atoms with Gasteiger partial charge in [0.15, 0.2) is 0 Å². The highest BCUT2D eigenvalue weighted by Gasteiger charge is 2.18. The number of nitrogens with zero attached hydrogens (tertiary/aromatic N) is 1. The quantitative estimate of drug-likeness (QED) is 0.727. The van der Waals surface area contributed by atoms with Crippen molar-refractivity contribution in [2.45, 2.75) is 6.42 Å². The van der Waals surface area contributed by atoms with Crippen LogP contribution in [-0.4, -0.2) is 23.9 Å². The van der Waals surface area contributed by atoms with E-state index in [-0.39, 0.29) is 5.91 Å². The number of benzene rings is 1. The number of hydrogen-bond acceptors (Lipinski definition) is 1. The van der Waals surface area contributed by atoms with E-state index >= 15 is 0 Å². The van der Waals surface area contributed by atoms with Crippen molar-refractivity contribution < 1.29 is 4.79 Å². The molecule has 0 fully saturated rings. The van der Waals surface area contributed by atoms with Gasteiger partial charge in [0.05, 0.1) is 5.56 Å². The Labute approximate surface area is 108 Å². The Morgan fingerprint density at radius 2 is 2.19 bits per heavy atom. The summed E-state index contributed by atoms with van der Waals surface area (Å²) in [5.41, 5.74) is 0.628. The Morgan fingerprint density at radius 3 is 2.88 bits per heavy atom. The molecule has 0 radical (unpaired) electrons. The van der Waals surface area contributed by atoms with Crippen LogP contribution >= 0.6 is 27.5 Å². The smallest absolute Gasteiger partial charge is 0.255 e. The molecule has 1 aliphatic rings. The minimum absolute atomic E-state index is 0.0266. The zero-order valence-electron chi connectivity index (χ0n) is 8.62. The fourth-order valence-electron chi connectivity index (χ4n) is 1.66. The first-order valence-corrected chi connectivity index (χ1v) is 6.25. The van der Waals surface area contributed by atoms with E-state index in [0.717, 1.165) is 17.4 Å².